The van der Waals surface area contributed by atoms with Crippen molar-refractivity contribution in [1.82, 2.24) is 0 Å². The van der Waals surface area contributed by atoms with Gasteiger partial charge in [0.1, 0.15) is 6.10 Å². The van der Waals surface area contributed by atoms with Gasteiger partial charge >= 0.3 is 11.9 Å². The van der Waals surface area contributed by atoms with Crippen LogP contribution in [0, 0.1) is 23.7 Å². The van der Waals surface area contributed by atoms with Crippen LogP contribution in [0.1, 0.15) is 57.8 Å². The van der Waals surface area contributed by atoms with Crippen LogP contribution in [0.15, 0.2) is 0 Å². The number of ether oxygens (including phenoxy) is 4. The molecule has 3 aliphatic carbocycles. The standard InChI is InChI=1S/C22H30O7/c23-21(24)12-8-18-19(27-18)9-13(12)22(25)29-16(10-4-5-14-17(6-10)26-14)7-11-2-1-3-15-20(11)28-15/h10-20H,1-9H2,(H,23,24). The van der Waals surface area contributed by atoms with Crippen molar-refractivity contribution in [2.45, 2.75) is 101 Å². The van der Waals surface area contributed by atoms with Crippen LogP contribution in [0.3, 0.4) is 0 Å². The van der Waals surface area contributed by atoms with Crippen LogP contribution in [-0.4, -0.2) is 59.8 Å². The van der Waals surface area contributed by atoms with Gasteiger partial charge in [-0.05, 0) is 63.2 Å². The first kappa shape index (κ1) is 18.6. The van der Waals surface area contributed by atoms with Crippen LogP contribution in [0.4, 0.5) is 0 Å². The molecular weight excluding hydrogens is 376 g/mol. The van der Waals surface area contributed by atoms with E-state index < -0.39 is 17.8 Å². The number of aliphatic carboxylic acids is 1. The molecule has 0 aromatic rings. The summed E-state index contributed by atoms with van der Waals surface area (Å²) in [6, 6.07) is 0. The van der Waals surface area contributed by atoms with Gasteiger partial charge in [0, 0.05) is 0 Å². The lowest BCUT2D eigenvalue weighted by Crippen LogP contribution is -2.41. The second kappa shape index (κ2) is 6.92. The van der Waals surface area contributed by atoms with Crippen molar-refractivity contribution in [2.75, 3.05) is 0 Å². The monoisotopic (exact) mass is 406 g/mol. The molecule has 3 saturated carbocycles. The molecule has 0 amide bonds. The predicted octanol–water partition coefficient (Wildman–Crippen LogP) is 2.30. The average molecular weight is 406 g/mol. The molecule has 6 aliphatic rings. The van der Waals surface area contributed by atoms with Crippen LogP contribution in [-0.2, 0) is 28.5 Å². The Labute approximate surface area is 170 Å². The molecule has 0 radical (unpaired) electrons. The first-order chi connectivity index (χ1) is 14.1. The molecule has 3 aliphatic heterocycles. The fourth-order valence-electron chi connectivity index (χ4n) is 6.40. The van der Waals surface area contributed by atoms with Gasteiger partial charge in [-0.1, -0.05) is 6.42 Å². The van der Waals surface area contributed by atoms with Crippen LogP contribution >= 0.6 is 0 Å². The second-order valence-electron chi connectivity index (χ2n) is 10.1. The van der Waals surface area contributed by atoms with Gasteiger partial charge < -0.3 is 24.1 Å². The third kappa shape index (κ3) is 3.59. The van der Waals surface area contributed by atoms with E-state index in [-0.39, 0.29) is 24.3 Å². The SMILES string of the molecule is O=C(O)C1CC2OC2CC1C(=O)OC(CC1CCCC2OC12)C1CCC2OC2C1. The van der Waals surface area contributed by atoms with Gasteiger partial charge in [-0.25, -0.2) is 0 Å². The molecule has 1 N–H and O–H groups in total. The molecule has 6 fully saturated rings. The lowest BCUT2D eigenvalue weighted by molar-refractivity contribution is -0.166. The summed E-state index contributed by atoms with van der Waals surface area (Å²) in [7, 11) is 0. The highest BCUT2D eigenvalue weighted by molar-refractivity contribution is 5.81. The van der Waals surface area contributed by atoms with Crippen LogP contribution in [0.25, 0.3) is 0 Å². The van der Waals surface area contributed by atoms with Crippen LogP contribution in [0.2, 0.25) is 0 Å². The Morgan fingerprint density at radius 2 is 1.62 bits per heavy atom. The van der Waals surface area contributed by atoms with E-state index in [4.69, 9.17) is 18.9 Å². The molecule has 7 nitrogen and oxygen atoms in total. The average Bonchev–Trinajstić information content (AvgIpc) is 3.59. The molecule has 0 bridgehead atoms. The number of carbonyl (C=O) groups is 2. The molecule has 3 saturated heterocycles. The maximum Gasteiger partial charge on any atom is 0.310 e. The summed E-state index contributed by atoms with van der Waals surface area (Å²) in [5, 5.41) is 9.62. The van der Waals surface area contributed by atoms with Crippen molar-refractivity contribution in [3.63, 3.8) is 0 Å². The minimum Gasteiger partial charge on any atom is -0.481 e. The summed E-state index contributed by atoms with van der Waals surface area (Å²) in [5.74, 6) is -1.78. The van der Waals surface area contributed by atoms with E-state index in [1.54, 1.807) is 0 Å². The third-order valence-electron chi connectivity index (χ3n) is 8.29. The largest absolute Gasteiger partial charge is 0.481 e. The lowest BCUT2D eigenvalue weighted by Gasteiger charge is -2.34. The Bertz CT molecular complexity index is 695. The smallest absolute Gasteiger partial charge is 0.310 e. The first-order valence-corrected chi connectivity index (χ1v) is 11.5. The van der Waals surface area contributed by atoms with Crippen LogP contribution in [0.5, 0.6) is 0 Å². The molecule has 160 valence electrons. The minimum atomic E-state index is -0.911. The number of rotatable bonds is 6. The van der Waals surface area contributed by atoms with Gasteiger partial charge in [-0.2, -0.15) is 0 Å². The van der Waals surface area contributed by atoms with Crippen molar-refractivity contribution in [3.05, 3.63) is 0 Å². The van der Waals surface area contributed by atoms with E-state index in [0.717, 1.165) is 38.5 Å². The van der Waals surface area contributed by atoms with Crippen molar-refractivity contribution in [1.29, 1.82) is 0 Å². The fourth-order valence-corrected chi connectivity index (χ4v) is 6.40. The molecule has 29 heavy (non-hydrogen) atoms. The van der Waals surface area contributed by atoms with E-state index in [9.17, 15) is 14.7 Å². The topological polar surface area (TPSA) is 101 Å². The van der Waals surface area contributed by atoms with Crippen molar-refractivity contribution >= 4 is 11.9 Å². The quantitative estimate of drug-likeness (QED) is 0.533. The Hall–Kier alpha value is -1.18. The molecule has 11 atom stereocenters. The number of hydrogen-bond donors (Lipinski definition) is 1. The molecule has 7 heteroatoms. The molecule has 6 rings (SSSR count). The Balaban J connectivity index is 1.16. The van der Waals surface area contributed by atoms with E-state index >= 15 is 0 Å². The van der Waals surface area contributed by atoms with Crippen LogP contribution < -0.4 is 0 Å². The summed E-state index contributed by atoms with van der Waals surface area (Å²) < 4.78 is 23.2. The zero-order chi connectivity index (χ0) is 19.7. The van der Waals surface area contributed by atoms with E-state index in [1.807, 2.05) is 0 Å². The molecule has 0 aromatic carbocycles. The first-order valence-electron chi connectivity index (χ1n) is 11.5. The van der Waals surface area contributed by atoms with Gasteiger partial charge in [0.25, 0.3) is 0 Å². The maximum atomic E-state index is 13.2. The fraction of sp³-hybridized carbons (Fsp3) is 0.909. The summed E-state index contributed by atoms with van der Waals surface area (Å²) in [4.78, 5) is 24.9. The number of carboxylic acids is 1. The van der Waals surface area contributed by atoms with Crippen molar-refractivity contribution < 1.29 is 33.6 Å². The molecular formula is C22H30O7. The number of carbonyl (C=O) groups excluding carboxylic acids is 1. The third-order valence-corrected chi connectivity index (χ3v) is 8.29. The molecule has 3 heterocycles. The number of carboxylic acid groups (broad SMARTS) is 1. The number of fused-ring (bicyclic) bond motifs is 3. The lowest BCUT2D eigenvalue weighted by atomic mass is 9.77. The zero-order valence-corrected chi connectivity index (χ0v) is 16.6. The van der Waals surface area contributed by atoms with E-state index in [2.05, 4.69) is 0 Å². The van der Waals surface area contributed by atoms with Gasteiger partial charge in [-0.3, -0.25) is 9.59 Å². The van der Waals surface area contributed by atoms with Gasteiger partial charge in [0.05, 0.1) is 48.5 Å². The highest BCUT2D eigenvalue weighted by Gasteiger charge is 2.55. The molecule has 0 spiro atoms. The zero-order valence-electron chi connectivity index (χ0n) is 16.6. The minimum absolute atomic E-state index is 0.0180. The van der Waals surface area contributed by atoms with Crippen molar-refractivity contribution in [3.8, 4) is 0 Å². The van der Waals surface area contributed by atoms with Gasteiger partial charge in [-0.15, -0.1) is 0 Å². The summed E-state index contributed by atoms with van der Waals surface area (Å²) in [6.45, 7) is 0. The van der Waals surface area contributed by atoms with Gasteiger partial charge in [0.2, 0.25) is 0 Å². The predicted molar refractivity (Wildman–Crippen MR) is 99.0 cm³/mol. The maximum absolute atomic E-state index is 13.2. The van der Waals surface area contributed by atoms with E-state index in [0.29, 0.717) is 49.1 Å². The highest BCUT2D eigenvalue weighted by Crippen LogP contribution is 2.48. The second-order valence-corrected chi connectivity index (χ2v) is 10.1. The molecule has 11 unspecified atom stereocenters. The van der Waals surface area contributed by atoms with Gasteiger partial charge in [0.15, 0.2) is 0 Å². The Morgan fingerprint density at radius 3 is 2.41 bits per heavy atom. The van der Waals surface area contributed by atoms with Crippen molar-refractivity contribution in [2.24, 2.45) is 23.7 Å². The number of epoxide rings is 3. The highest BCUT2D eigenvalue weighted by atomic mass is 16.6. The molecule has 0 aromatic heterocycles. The normalized spacial score (nSPS) is 50.3. The Morgan fingerprint density at radius 1 is 0.862 bits per heavy atom. The van der Waals surface area contributed by atoms with E-state index in [1.165, 1.54) is 6.42 Å². The summed E-state index contributed by atoms with van der Waals surface area (Å²) in [6.07, 6.45) is 9.56. The number of hydrogen-bond acceptors (Lipinski definition) is 6. The number of esters is 1. The summed E-state index contributed by atoms with van der Waals surface area (Å²) >= 11 is 0. The summed E-state index contributed by atoms with van der Waals surface area (Å²) in [5.41, 5.74) is 0. The Kier molecular flexibility index (Phi) is 4.44.